The number of nitrogens with zero attached hydrogens (tertiary/aromatic N) is 3. The summed E-state index contributed by atoms with van der Waals surface area (Å²) in [4.78, 5) is 12.5. The number of hydrogen-bond acceptors (Lipinski definition) is 5. The van der Waals surface area contributed by atoms with E-state index in [9.17, 15) is 15.2 Å². The number of amides is 1. The number of aliphatic hydroxyl groups excluding tert-OH is 1. The lowest BCUT2D eigenvalue weighted by Gasteiger charge is -2.15. The predicted octanol–water partition coefficient (Wildman–Crippen LogP) is 3.42. The van der Waals surface area contributed by atoms with Crippen molar-refractivity contribution in [3.63, 3.8) is 0 Å². The van der Waals surface area contributed by atoms with Crippen LogP contribution in [0.4, 0.5) is 10.6 Å². The number of fused-ring (bicyclic) bond motifs is 3. The summed E-state index contributed by atoms with van der Waals surface area (Å²) < 4.78 is 6.92. The number of aromatic nitrogens is 2. The molecule has 0 atom stereocenters. The number of carbonyl (C=O) groups excluding carboxylic acids is 1. The Bertz CT molecular complexity index is 1070. The van der Waals surface area contributed by atoms with Crippen molar-refractivity contribution in [3.05, 3.63) is 70.9 Å². The molecule has 29 heavy (non-hydrogen) atoms. The highest BCUT2D eigenvalue weighted by atomic mass is 16.5. The largest absolute Gasteiger partial charge is 0.448 e. The molecule has 0 fully saturated rings. The van der Waals surface area contributed by atoms with Gasteiger partial charge in [-0.25, -0.2) is 9.48 Å². The fourth-order valence-electron chi connectivity index (χ4n) is 3.83. The Balaban J connectivity index is 1.52. The first kappa shape index (κ1) is 18.7. The molecule has 0 spiro atoms. The van der Waals surface area contributed by atoms with Crippen LogP contribution in [0.1, 0.15) is 28.3 Å². The van der Waals surface area contributed by atoms with Crippen LogP contribution in [-0.2, 0) is 11.3 Å². The van der Waals surface area contributed by atoms with Crippen LogP contribution in [0.2, 0.25) is 0 Å². The standard InChI is InChI=1S/C22H20N4O3/c1-14-19(12-23)21(26(25-14)10-11-27)24-22(28)29-13-20-17-8-4-2-6-15(17)16-7-3-5-9-18(16)20/h2-9,20,27H,10-11,13H2,1H3,(H,24,28). The van der Waals surface area contributed by atoms with E-state index < -0.39 is 6.09 Å². The molecule has 0 saturated carbocycles. The van der Waals surface area contributed by atoms with E-state index in [1.165, 1.54) is 4.68 Å². The summed E-state index contributed by atoms with van der Waals surface area (Å²) in [6.45, 7) is 1.86. The number of anilines is 1. The molecule has 146 valence electrons. The van der Waals surface area contributed by atoms with Crippen molar-refractivity contribution in [2.24, 2.45) is 0 Å². The number of rotatable bonds is 5. The first-order valence-corrected chi connectivity index (χ1v) is 9.34. The van der Waals surface area contributed by atoms with Crippen LogP contribution in [0.5, 0.6) is 0 Å². The predicted molar refractivity (Wildman–Crippen MR) is 107 cm³/mol. The number of hydrogen-bond donors (Lipinski definition) is 2. The molecule has 7 heteroatoms. The third-order valence-electron chi connectivity index (χ3n) is 5.12. The van der Waals surface area contributed by atoms with E-state index in [0.717, 1.165) is 22.3 Å². The summed E-state index contributed by atoms with van der Waals surface area (Å²) in [5, 5.41) is 25.4. The van der Waals surface area contributed by atoms with Crippen molar-refractivity contribution < 1.29 is 14.6 Å². The van der Waals surface area contributed by atoms with E-state index in [-0.39, 0.29) is 37.1 Å². The van der Waals surface area contributed by atoms with E-state index in [1.807, 2.05) is 30.3 Å². The third-order valence-corrected chi connectivity index (χ3v) is 5.12. The van der Waals surface area contributed by atoms with E-state index in [1.54, 1.807) is 6.92 Å². The highest BCUT2D eigenvalue weighted by molar-refractivity contribution is 5.86. The minimum atomic E-state index is -0.664. The highest BCUT2D eigenvalue weighted by Crippen LogP contribution is 2.44. The fourth-order valence-corrected chi connectivity index (χ4v) is 3.83. The number of benzene rings is 2. The van der Waals surface area contributed by atoms with Gasteiger partial charge < -0.3 is 9.84 Å². The van der Waals surface area contributed by atoms with Gasteiger partial charge in [0.1, 0.15) is 18.2 Å². The number of ether oxygens (including phenoxy) is 1. The molecule has 0 aliphatic heterocycles. The zero-order chi connectivity index (χ0) is 20.4. The summed E-state index contributed by atoms with van der Waals surface area (Å²) in [6.07, 6.45) is -0.664. The third kappa shape index (κ3) is 3.35. The Morgan fingerprint density at radius 3 is 2.41 bits per heavy atom. The second kappa shape index (κ2) is 7.78. The number of aryl methyl sites for hydroxylation is 1. The lowest BCUT2D eigenvalue weighted by atomic mass is 9.98. The molecule has 0 saturated heterocycles. The van der Waals surface area contributed by atoms with Gasteiger partial charge in [-0.1, -0.05) is 48.5 Å². The minimum Gasteiger partial charge on any atom is -0.448 e. The maximum atomic E-state index is 12.5. The summed E-state index contributed by atoms with van der Waals surface area (Å²) >= 11 is 0. The van der Waals surface area contributed by atoms with E-state index in [4.69, 9.17) is 4.74 Å². The molecule has 0 bridgehead atoms. The van der Waals surface area contributed by atoms with Gasteiger partial charge in [-0.2, -0.15) is 10.4 Å². The minimum absolute atomic E-state index is 0.0484. The van der Waals surface area contributed by atoms with E-state index in [0.29, 0.717) is 5.69 Å². The van der Waals surface area contributed by atoms with Crippen LogP contribution >= 0.6 is 0 Å². The van der Waals surface area contributed by atoms with Crippen LogP contribution in [0.3, 0.4) is 0 Å². The molecular weight excluding hydrogens is 368 g/mol. The van der Waals surface area contributed by atoms with Crippen LogP contribution in [0.25, 0.3) is 11.1 Å². The van der Waals surface area contributed by atoms with Crippen LogP contribution in [-0.4, -0.2) is 34.2 Å². The average Bonchev–Trinajstić information content (AvgIpc) is 3.21. The summed E-state index contributed by atoms with van der Waals surface area (Å²) in [6, 6.07) is 18.2. The maximum Gasteiger partial charge on any atom is 0.412 e. The Kier molecular flexibility index (Phi) is 5.02. The number of nitrogens with one attached hydrogen (secondary N) is 1. The molecule has 0 radical (unpaired) electrons. The Hall–Kier alpha value is -3.63. The number of carbonyl (C=O) groups is 1. The number of nitriles is 1. The molecule has 7 nitrogen and oxygen atoms in total. The first-order valence-electron chi connectivity index (χ1n) is 9.34. The van der Waals surface area contributed by atoms with Gasteiger partial charge in [-0.05, 0) is 29.2 Å². The molecule has 2 N–H and O–H groups in total. The Morgan fingerprint density at radius 1 is 1.21 bits per heavy atom. The lowest BCUT2D eigenvalue weighted by Crippen LogP contribution is -2.21. The molecule has 4 rings (SSSR count). The fraction of sp³-hybridized carbons (Fsp3) is 0.227. The van der Waals surface area contributed by atoms with Crippen molar-refractivity contribution in [2.75, 3.05) is 18.5 Å². The van der Waals surface area contributed by atoms with Crippen molar-refractivity contribution in [3.8, 4) is 17.2 Å². The van der Waals surface area contributed by atoms with Gasteiger partial charge in [-0.3, -0.25) is 5.32 Å². The molecule has 1 heterocycles. The zero-order valence-electron chi connectivity index (χ0n) is 15.9. The molecule has 1 amide bonds. The van der Waals surface area contributed by atoms with Crippen LogP contribution < -0.4 is 5.32 Å². The van der Waals surface area contributed by atoms with Gasteiger partial charge in [0.05, 0.1) is 18.8 Å². The van der Waals surface area contributed by atoms with E-state index >= 15 is 0 Å². The Labute approximate surface area is 168 Å². The van der Waals surface area contributed by atoms with Crippen LogP contribution in [0, 0.1) is 18.3 Å². The molecule has 1 aliphatic rings. The SMILES string of the molecule is Cc1nn(CCO)c(NC(=O)OCC2c3ccccc3-c3ccccc32)c1C#N. The number of aliphatic hydroxyl groups is 1. The highest BCUT2D eigenvalue weighted by Gasteiger charge is 2.29. The van der Waals surface area contributed by atoms with Gasteiger partial charge in [0, 0.05) is 5.92 Å². The summed E-state index contributed by atoms with van der Waals surface area (Å²) in [7, 11) is 0. The average molecular weight is 388 g/mol. The Morgan fingerprint density at radius 2 is 1.83 bits per heavy atom. The molecular formula is C22H20N4O3. The molecule has 1 aromatic heterocycles. The van der Waals surface area contributed by atoms with Crippen molar-refractivity contribution in [2.45, 2.75) is 19.4 Å². The smallest absolute Gasteiger partial charge is 0.412 e. The quantitative estimate of drug-likeness (QED) is 0.698. The normalized spacial score (nSPS) is 12.2. The monoisotopic (exact) mass is 388 g/mol. The molecule has 3 aromatic rings. The summed E-state index contributed by atoms with van der Waals surface area (Å²) in [5.74, 6) is 0.184. The van der Waals surface area contributed by atoms with Crippen LogP contribution in [0.15, 0.2) is 48.5 Å². The topological polar surface area (TPSA) is 100 Å². The second-order valence-electron chi connectivity index (χ2n) is 6.82. The van der Waals surface area contributed by atoms with Crippen molar-refractivity contribution in [1.82, 2.24) is 9.78 Å². The first-order chi connectivity index (χ1) is 14.1. The van der Waals surface area contributed by atoms with Gasteiger partial charge in [0.2, 0.25) is 0 Å². The van der Waals surface area contributed by atoms with Gasteiger partial charge >= 0.3 is 6.09 Å². The van der Waals surface area contributed by atoms with E-state index in [2.05, 4.69) is 34.7 Å². The van der Waals surface area contributed by atoms with Gasteiger partial charge in [0.15, 0.2) is 5.82 Å². The lowest BCUT2D eigenvalue weighted by molar-refractivity contribution is 0.158. The maximum absolute atomic E-state index is 12.5. The van der Waals surface area contributed by atoms with Crippen molar-refractivity contribution in [1.29, 1.82) is 5.26 Å². The van der Waals surface area contributed by atoms with Gasteiger partial charge in [-0.15, -0.1) is 0 Å². The van der Waals surface area contributed by atoms with Crippen molar-refractivity contribution >= 4 is 11.9 Å². The second-order valence-corrected chi connectivity index (χ2v) is 6.82. The molecule has 1 aliphatic carbocycles. The summed E-state index contributed by atoms with van der Waals surface area (Å²) in [5.41, 5.74) is 5.30. The zero-order valence-corrected chi connectivity index (χ0v) is 15.9. The molecule has 2 aromatic carbocycles. The van der Waals surface area contributed by atoms with Gasteiger partial charge in [0.25, 0.3) is 0 Å². The molecule has 0 unspecified atom stereocenters.